The molecule has 170 valence electrons. The van der Waals surface area contributed by atoms with Gasteiger partial charge in [0, 0.05) is 24.2 Å². The predicted octanol–water partition coefficient (Wildman–Crippen LogP) is 3.35. The van der Waals surface area contributed by atoms with E-state index in [4.69, 9.17) is 9.47 Å². The maximum Gasteiger partial charge on any atom is 0.269 e. The second kappa shape index (κ2) is 11.4. The Labute approximate surface area is 184 Å². The first-order valence-corrected chi connectivity index (χ1v) is 10.7. The Balaban J connectivity index is 1.90. The number of ether oxygens (including phenoxy) is 2. The van der Waals surface area contributed by atoms with Crippen LogP contribution in [0, 0.1) is 19.8 Å². The van der Waals surface area contributed by atoms with Gasteiger partial charge in [-0.1, -0.05) is 20.8 Å². The summed E-state index contributed by atoms with van der Waals surface area (Å²) in [5.74, 6) is 0.852. The number of hydrogen-bond donors (Lipinski definition) is 2. The molecule has 2 N–H and O–H groups in total. The van der Waals surface area contributed by atoms with Crippen LogP contribution in [0.4, 0.5) is 0 Å². The van der Waals surface area contributed by atoms with Gasteiger partial charge in [0.2, 0.25) is 5.91 Å². The average Bonchev–Trinajstić information content (AvgIpc) is 3.00. The molecule has 1 heterocycles. The van der Waals surface area contributed by atoms with Crippen molar-refractivity contribution in [2.75, 3.05) is 13.7 Å². The van der Waals surface area contributed by atoms with E-state index in [1.165, 1.54) is 7.11 Å². The average molecular weight is 431 g/mol. The lowest BCUT2D eigenvalue weighted by molar-refractivity contribution is -0.121. The zero-order chi connectivity index (χ0) is 23.0. The number of nitrogens with one attached hydrogen (secondary N) is 2. The van der Waals surface area contributed by atoms with Crippen LogP contribution >= 0.6 is 0 Å². The van der Waals surface area contributed by atoms with Gasteiger partial charge in [-0.2, -0.15) is 5.10 Å². The Morgan fingerprint density at radius 2 is 1.90 bits per heavy atom. The number of rotatable bonds is 10. The molecule has 1 aromatic heterocycles. The van der Waals surface area contributed by atoms with Crippen molar-refractivity contribution >= 4 is 11.8 Å². The minimum atomic E-state index is -0.425. The van der Waals surface area contributed by atoms with E-state index in [-0.39, 0.29) is 12.3 Å². The Kier molecular flexibility index (Phi) is 8.90. The summed E-state index contributed by atoms with van der Waals surface area (Å²) in [5, 5.41) is 4.58. The number of amides is 2. The van der Waals surface area contributed by atoms with Gasteiger partial charge in [0.05, 0.1) is 19.4 Å². The maximum absolute atomic E-state index is 12.4. The zero-order valence-electron chi connectivity index (χ0n) is 19.4. The lowest BCUT2D eigenvalue weighted by Crippen LogP contribution is -2.41. The quantitative estimate of drug-likeness (QED) is 0.564. The summed E-state index contributed by atoms with van der Waals surface area (Å²) in [7, 11) is 1.52. The fourth-order valence-corrected chi connectivity index (χ4v) is 3.26. The Bertz CT molecular complexity index is 905. The van der Waals surface area contributed by atoms with E-state index in [0.29, 0.717) is 36.0 Å². The highest BCUT2D eigenvalue weighted by Gasteiger charge is 2.15. The molecule has 0 saturated carbocycles. The van der Waals surface area contributed by atoms with Gasteiger partial charge in [-0.05, 0) is 56.4 Å². The van der Waals surface area contributed by atoms with Crippen molar-refractivity contribution in [3.63, 3.8) is 0 Å². The molecule has 0 unspecified atom stereocenters. The number of carbonyl (C=O) groups excluding carboxylic acids is 2. The van der Waals surface area contributed by atoms with Crippen molar-refractivity contribution in [1.82, 2.24) is 20.6 Å². The summed E-state index contributed by atoms with van der Waals surface area (Å²) in [5.41, 5.74) is 8.39. The van der Waals surface area contributed by atoms with Crippen LogP contribution < -0.4 is 20.3 Å². The van der Waals surface area contributed by atoms with Gasteiger partial charge >= 0.3 is 0 Å². The highest BCUT2D eigenvalue weighted by Crippen LogP contribution is 2.28. The third kappa shape index (κ3) is 6.73. The lowest BCUT2D eigenvalue weighted by atomic mass is 10.1. The topological polar surface area (TPSA) is 94.5 Å². The van der Waals surface area contributed by atoms with Crippen LogP contribution in [-0.2, 0) is 17.8 Å². The molecule has 0 aliphatic rings. The van der Waals surface area contributed by atoms with Crippen molar-refractivity contribution in [2.45, 2.75) is 60.4 Å². The number of aromatic nitrogens is 2. The first kappa shape index (κ1) is 24.2. The van der Waals surface area contributed by atoms with E-state index in [2.05, 4.69) is 29.8 Å². The molecule has 0 aliphatic heterocycles. The summed E-state index contributed by atoms with van der Waals surface area (Å²) in [6, 6.07) is 4.90. The molecule has 8 heteroatoms. The number of benzene rings is 1. The number of hydrogen-bond acceptors (Lipinski definition) is 5. The van der Waals surface area contributed by atoms with Crippen molar-refractivity contribution in [3.05, 3.63) is 40.7 Å². The minimum absolute atomic E-state index is 0.252. The number of hydrazine groups is 1. The number of nitrogens with zero attached hydrogens (tertiary/aromatic N) is 2. The van der Waals surface area contributed by atoms with Crippen molar-refractivity contribution < 1.29 is 19.1 Å². The largest absolute Gasteiger partial charge is 0.493 e. The molecule has 2 amide bonds. The summed E-state index contributed by atoms with van der Waals surface area (Å²) in [4.78, 5) is 24.7. The summed E-state index contributed by atoms with van der Waals surface area (Å²) < 4.78 is 12.9. The fraction of sp³-hybridized carbons (Fsp3) is 0.522. The summed E-state index contributed by atoms with van der Waals surface area (Å²) >= 11 is 0. The molecule has 0 aliphatic carbocycles. The summed E-state index contributed by atoms with van der Waals surface area (Å²) in [6.07, 6.45) is 1.69. The van der Waals surface area contributed by atoms with E-state index >= 15 is 0 Å². The second-order valence-corrected chi connectivity index (χ2v) is 7.94. The molecule has 2 rings (SSSR count). The Hall–Kier alpha value is -3.03. The van der Waals surface area contributed by atoms with Crippen LogP contribution in [0.15, 0.2) is 18.2 Å². The minimum Gasteiger partial charge on any atom is -0.493 e. The molecule has 0 saturated heterocycles. The molecular weight excluding hydrogens is 396 g/mol. The van der Waals surface area contributed by atoms with Gasteiger partial charge in [-0.15, -0.1) is 0 Å². The van der Waals surface area contributed by atoms with Crippen molar-refractivity contribution in [2.24, 2.45) is 5.92 Å². The Morgan fingerprint density at radius 1 is 1.16 bits per heavy atom. The molecule has 0 spiro atoms. The van der Waals surface area contributed by atoms with Gasteiger partial charge in [-0.3, -0.25) is 25.1 Å². The standard InChI is InChI=1S/C23H34N4O4/c1-7-12-31-20-10-8-18(13-21(20)30-6)23(29)25-24-22(28)11-9-19-16(4)26-27(17(19)5)14-15(2)3/h8,10,13,15H,7,9,11-12,14H2,1-6H3,(H,24,28)(H,25,29). The number of methoxy groups -OCH3 is 1. The monoisotopic (exact) mass is 430 g/mol. The van der Waals surface area contributed by atoms with E-state index in [9.17, 15) is 9.59 Å². The van der Waals surface area contributed by atoms with Crippen LogP contribution in [0.2, 0.25) is 0 Å². The zero-order valence-corrected chi connectivity index (χ0v) is 19.4. The van der Waals surface area contributed by atoms with E-state index in [1.54, 1.807) is 18.2 Å². The SMILES string of the molecule is CCCOc1ccc(C(=O)NNC(=O)CCc2c(C)nn(CC(C)C)c2C)cc1OC. The van der Waals surface area contributed by atoms with Crippen molar-refractivity contribution in [1.29, 1.82) is 0 Å². The molecule has 31 heavy (non-hydrogen) atoms. The molecule has 2 aromatic rings. The molecule has 1 aromatic carbocycles. The Morgan fingerprint density at radius 3 is 2.55 bits per heavy atom. The van der Waals surface area contributed by atoms with Gasteiger partial charge in [0.1, 0.15) is 0 Å². The van der Waals surface area contributed by atoms with Gasteiger partial charge in [-0.25, -0.2) is 0 Å². The molecule has 8 nitrogen and oxygen atoms in total. The molecule has 0 fully saturated rings. The third-order valence-corrected chi connectivity index (χ3v) is 4.87. The van der Waals surface area contributed by atoms with Crippen molar-refractivity contribution in [3.8, 4) is 11.5 Å². The van der Waals surface area contributed by atoms with Crippen LogP contribution in [0.5, 0.6) is 11.5 Å². The normalized spacial score (nSPS) is 10.8. The van der Waals surface area contributed by atoms with E-state index < -0.39 is 5.91 Å². The molecule has 0 bridgehead atoms. The summed E-state index contributed by atoms with van der Waals surface area (Å²) in [6.45, 7) is 11.7. The number of carbonyl (C=O) groups is 2. The van der Waals surface area contributed by atoms with Gasteiger partial charge in [0.25, 0.3) is 5.91 Å². The first-order chi connectivity index (χ1) is 14.8. The lowest BCUT2D eigenvalue weighted by Gasteiger charge is -2.12. The van der Waals surface area contributed by atoms with Crippen LogP contribution in [0.1, 0.15) is 60.9 Å². The molecule has 0 atom stereocenters. The highest BCUT2D eigenvalue weighted by molar-refractivity contribution is 5.96. The van der Waals surface area contributed by atoms with E-state index in [0.717, 1.165) is 29.9 Å². The van der Waals surface area contributed by atoms with Crippen LogP contribution in [-0.4, -0.2) is 35.3 Å². The van der Waals surface area contributed by atoms with E-state index in [1.807, 2.05) is 25.5 Å². The molecule has 0 radical (unpaired) electrons. The highest BCUT2D eigenvalue weighted by atomic mass is 16.5. The molecular formula is C23H34N4O4. The fourth-order valence-electron chi connectivity index (χ4n) is 3.26. The third-order valence-electron chi connectivity index (χ3n) is 4.87. The van der Waals surface area contributed by atoms with Crippen LogP contribution in [0.25, 0.3) is 0 Å². The maximum atomic E-state index is 12.4. The van der Waals surface area contributed by atoms with Crippen LogP contribution in [0.3, 0.4) is 0 Å². The predicted molar refractivity (Wildman–Crippen MR) is 119 cm³/mol. The first-order valence-electron chi connectivity index (χ1n) is 10.7. The van der Waals surface area contributed by atoms with Gasteiger partial charge < -0.3 is 9.47 Å². The second-order valence-electron chi connectivity index (χ2n) is 7.94. The number of aryl methyl sites for hydroxylation is 1. The smallest absolute Gasteiger partial charge is 0.269 e. The van der Waals surface area contributed by atoms with Gasteiger partial charge in [0.15, 0.2) is 11.5 Å².